The quantitative estimate of drug-likeness (QED) is 0.810. The summed E-state index contributed by atoms with van der Waals surface area (Å²) in [5, 5.41) is 0. The molecule has 0 radical (unpaired) electrons. The van der Waals surface area contributed by atoms with E-state index in [1.165, 1.54) is 6.92 Å². The number of carbonyl (C=O) groups excluding carboxylic acids is 1. The van der Waals surface area contributed by atoms with Crippen molar-refractivity contribution in [2.24, 2.45) is 0 Å². The second-order valence-corrected chi connectivity index (χ2v) is 2.78. The molecule has 1 aromatic rings. The van der Waals surface area contributed by atoms with Crippen molar-refractivity contribution in [2.45, 2.75) is 13.3 Å². The third-order valence-electron chi connectivity index (χ3n) is 1.77. The number of nitrogens with one attached hydrogen (secondary N) is 1. The highest BCUT2D eigenvalue weighted by Crippen LogP contribution is 2.15. The van der Waals surface area contributed by atoms with Gasteiger partial charge in [-0.15, -0.1) is 0 Å². The molecule has 0 saturated heterocycles. The summed E-state index contributed by atoms with van der Waals surface area (Å²) < 4.78 is 42.0. The fraction of sp³-hybridized carbons (Fsp3) is 0.333. The van der Waals surface area contributed by atoms with E-state index < -0.39 is 34.9 Å². The lowest BCUT2D eigenvalue weighted by molar-refractivity contribution is 0.0512. The average molecular weight is 235 g/mol. The Morgan fingerprint density at radius 3 is 2.69 bits per heavy atom. The van der Waals surface area contributed by atoms with E-state index >= 15 is 0 Å². The topological polar surface area (TPSA) is 59.2 Å². The second-order valence-electron chi connectivity index (χ2n) is 2.78. The summed E-state index contributed by atoms with van der Waals surface area (Å²) in [6, 6.07) is 0. The molecular formula is C9H8F3NO3. The van der Waals surface area contributed by atoms with Crippen LogP contribution in [0.2, 0.25) is 0 Å². The van der Waals surface area contributed by atoms with Crippen molar-refractivity contribution in [1.82, 2.24) is 4.98 Å². The zero-order chi connectivity index (χ0) is 12.3. The molecule has 16 heavy (non-hydrogen) atoms. The summed E-state index contributed by atoms with van der Waals surface area (Å²) in [4.78, 5) is 24.1. The Balaban J connectivity index is 3.22. The standard InChI is InChI=1S/C9H8F3NO3/c1-2-16-9(15)6-5(10)7(14)4(3-13-6)8(11)12/h3,8H,2H2,1H3,(H,13,14). The summed E-state index contributed by atoms with van der Waals surface area (Å²) in [6.07, 6.45) is -2.50. The van der Waals surface area contributed by atoms with Gasteiger partial charge in [-0.05, 0) is 6.92 Å². The van der Waals surface area contributed by atoms with Crippen molar-refractivity contribution in [3.05, 3.63) is 33.5 Å². The number of aromatic amines is 1. The molecule has 0 amide bonds. The molecule has 7 heteroatoms. The van der Waals surface area contributed by atoms with E-state index in [-0.39, 0.29) is 6.61 Å². The molecule has 0 spiro atoms. The highest BCUT2D eigenvalue weighted by Gasteiger charge is 2.22. The van der Waals surface area contributed by atoms with Gasteiger partial charge in [-0.2, -0.15) is 0 Å². The molecule has 0 bridgehead atoms. The molecule has 88 valence electrons. The van der Waals surface area contributed by atoms with Crippen molar-refractivity contribution in [2.75, 3.05) is 6.61 Å². The van der Waals surface area contributed by atoms with Crippen LogP contribution in [0.15, 0.2) is 11.0 Å². The van der Waals surface area contributed by atoms with Crippen LogP contribution in [0.4, 0.5) is 13.2 Å². The number of halogens is 3. The molecule has 1 aromatic heterocycles. The summed E-state index contributed by atoms with van der Waals surface area (Å²) in [5.41, 5.74) is -3.28. The number of H-pyrrole nitrogens is 1. The number of carbonyl (C=O) groups is 1. The van der Waals surface area contributed by atoms with Gasteiger partial charge in [-0.3, -0.25) is 4.79 Å². The smallest absolute Gasteiger partial charge is 0.357 e. The number of esters is 1. The Morgan fingerprint density at radius 2 is 2.19 bits per heavy atom. The number of hydrogen-bond donors (Lipinski definition) is 1. The van der Waals surface area contributed by atoms with Crippen molar-refractivity contribution in [3.63, 3.8) is 0 Å². The summed E-state index contributed by atoms with van der Waals surface area (Å²) in [6.45, 7) is 1.47. The number of pyridine rings is 1. The first kappa shape index (κ1) is 12.3. The Kier molecular flexibility index (Phi) is 3.70. The number of ether oxygens (including phenoxy) is 1. The van der Waals surface area contributed by atoms with E-state index in [0.29, 0.717) is 6.20 Å². The molecule has 0 unspecified atom stereocenters. The van der Waals surface area contributed by atoms with Crippen LogP contribution < -0.4 is 5.43 Å². The van der Waals surface area contributed by atoms with E-state index in [4.69, 9.17) is 0 Å². The van der Waals surface area contributed by atoms with Crippen molar-refractivity contribution in [3.8, 4) is 0 Å². The molecule has 0 aromatic carbocycles. The van der Waals surface area contributed by atoms with E-state index in [1.54, 1.807) is 0 Å². The van der Waals surface area contributed by atoms with Gasteiger partial charge in [0, 0.05) is 6.20 Å². The minimum absolute atomic E-state index is 0.0170. The van der Waals surface area contributed by atoms with Gasteiger partial charge in [0.25, 0.3) is 6.43 Å². The van der Waals surface area contributed by atoms with Gasteiger partial charge < -0.3 is 9.72 Å². The molecule has 0 aliphatic carbocycles. The lowest BCUT2D eigenvalue weighted by Crippen LogP contribution is -2.21. The van der Waals surface area contributed by atoms with Gasteiger partial charge in [0.15, 0.2) is 5.69 Å². The maximum atomic E-state index is 13.2. The number of alkyl halides is 2. The maximum Gasteiger partial charge on any atom is 0.357 e. The van der Waals surface area contributed by atoms with E-state index in [9.17, 15) is 22.8 Å². The van der Waals surface area contributed by atoms with Gasteiger partial charge in [-0.25, -0.2) is 18.0 Å². The highest BCUT2D eigenvalue weighted by atomic mass is 19.3. The summed E-state index contributed by atoms with van der Waals surface area (Å²) in [7, 11) is 0. The molecule has 1 rings (SSSR count). The maximum absolute atomic E-state index is 13.2. The summed E-state index contributed by atoms with van der Waals surface area (Å²) in [5.74, 6) is -2.66. The minimum Gasteiger partial charge on any atom is -0.461 e. The zero-order valence-corrected chi connectivity index (χ0v) is 8.22. The van der Waals surface area contributed by atoms with Crippen molar-refractivity contribution < 1.29 is 22.7 Å². The molecule has 0 aliphatic rings. The van der Waals surface area contributed by atoms with Crippen LogP contribution in [0.3, 0.4) is 0 Å². The Hall–Kier alpha value is -1.79. The molecular weight excluding hydrogens is 227 g/mol. The molecule has 0 atom stereocenters. The molecule has 4 nitrogen and oxygen atoms in total. The molecule has 0 saturated carbocycles. The Labute approximate surface area is 88.0 Å². The van der Waals surface area contributed by atoms with Gasteiger partial charge in [0.05, 0.1) is 12.2 Å². The average Bonchev–Trinajstić information content (AvgIpc) is 2.21. The van der Waals surface area contributed by atoms with Crippen LogP contribution in [0.25, 0.3) is 0 Å². The van der Waals surface area contributed by atoms with Crippen molar-refractivity contribution >= 4 is 5.97 Å². The van der Waals surface area contributed by atoms with Crippen LogP contribution in [0, 0.1) is 5.82 Å². The predicted molar refractivity (Wildman–Crippen MR) is 47.9 cm³/mol. The third-order valence-corrected chi connectivity index (χ3v) is 1.77. The largest absolute Gasteiger partial charge is 0.461 e. The predicted octanol–water partition coefficient (Wildman–Crippen LogP) is 1.63. The van der Waals surface area contributed by atoms with Gasteiger partial charge >= 0.3 is 5.97 Å². The zero-order valence-electron chi connectivity index (χ0n) is 8.22. The van der Waals surface area contributed by atoms with Gasteiger partial charge in [-0.1, -0.05) is 0 Å². The van der Waals surface area contributed by atoms with E-state index in [0.717, 1.165) is 0 Å². The number of hydrogen-bond acceptors (Lipinski definition) is 3. The minimum atomic E-state index is -3.10. The van der Waals surface area contributed by atoms with Gasteiger partial charge in [0.2, 0.25) is 11.2 Å². The van der Waals surface area contributed by atoms with Crippen LogP contribution in [0.5, 0.6) is 0 Å². The highest BCUT2D eigenvalue weighted by molar-refractivity contribution is 5.87. The summed E-state index contributed by atoms with van der Waals surface area (Å²) >= 11 is 0. The van der Waals surface area contributed by atoms with Gasteiger partial charge in [0.1, 0.15) is 0 Å². The molecule has 0 fully saturated rings. The fourth-order valence-corrected chi connectivity index (χ4v) is 1.03. The lowest BCUT2D eigenvalue weighted by Gasteiger charge is -2.04. The monoisotopic (exact) mass is 235 g/mol. The first-order valence-electron chi connectivity index (χ1n) is 4.35. The Bertz CT molecular complexity index is 456. The first-order valence-corrected chi connectivity index (χ1v) is 4.35. The first-order chi connectivity index (χ1) is 7.49. The van der Waals surface area contributed by atoms with Crippen LogP contribution >= 0.6 is 0 Å². The molecule has 1 N–H and O–H groups in total. The van der Waals surface area contributed by atoms with Crippen LogP contribution in [0.1, 0.15) is 29.4 Å². The second kappa shape index (κ2) is 4.82. The normalized spacial score (nSPS) is 10.6. The lowest BCUT2D eigenvalue weighted by atomic mass is 10.2. The van der Waals surface area contributed by atoms with Crippen molar-refractivity contribution in [1.29, 1.82) is 0 Å². The van der Waals surface area contributed by atoms with Crippen LogP contribution in [-0.2, 0) is 4.74 Å². The third kappa shape index (κ3) is 2.23. The van der Waals surface area contributed by atoms with E-state index in [1.807, 2.05) is 4.98 Å². The fourth-order valence-electron chi connectivity index (χ4n) is 1.03. The van der Waals surface area contributed by atoms with E-state index in [2.05, 4.69) is 4.74 Å². The molecule has 1 heterocycles. The Morgan fingerprint density at radius 1 is 1.56 bits per heavy atom. The van der Waals surface area contributed by atoms with Crippen LogP contribution in [-0.4, -0.2) is 17.6 Å². The SMILES string of the molecule is CCOC(=O)c1[nH]cc(C(F)F)c(=O)c1F. The number of aromatic nitrogens is 1. The number of rotatable bonds is 3. The molecule has 0 aliphatic heterocycles.